The first-order valence-electron chi connectivity index (χ1n) is 3.79. The normalized spacial score (nSPS) is 24.5. The molecule has 1 aromatic rings. The van der Waals surface area contributed by atoms with Gasteiger partial charge in [-0.25, -0.2) is 0 Å². The smallest absolute Gasteiger partial charge is 0.404 e. The molecular weight excluding hydrogens is 175 g/mol. The Bertz CT molecular complexity index is 341. The number of nitrogens with two attached hydrogens (primary N) is 1. The molecule has 0 spiro atoms. The van der Waals surface area contributed by atoms with Crippen LogP contribution in [0, 0.1) is 0 Å². The summed E-state index contributed by atoms with van der Waals surface area (Å²) in [6.07, 6.45) is 0. The first-order chi connectivity index (χ1) is 6.12. The number of benzene rings is 1. The Balaban J connectivity index is 2.45. The van der Waals surface area contributed by atoms with E-state index in [2.05, 4.69) is 5.43 Å². The molecule has 1 aromatic carbocycles. The van der Waals surface area contributed by atoms with Gasteiger partial charge in [-0.1, -0.05) is 6.07 Å². The molecule has 3 N–H and O–H groups in total. The van der Waals surface area contributed by atoms with Crippen LogP contribution >= 0.6 is 0 Å². The highest BCUT2D eigenvalue weighted by Crippen LogP contribution is 2.44. The molecule has 5 heteroatoms. The molecule has 1 heterocycles. The van der Waals surface area contributed by atoms with Crippen molar-refractivity contribution in [1.82, 2.24) is 0 Å². The van der Waals surface area contributed by atoms with E-state index in [1.807, 2.05) is 0 Å². The third-order valence-electron chi connectivity index (χ3n) is 1.71. The standard InChI is InChI=1S/C8H9FN2O2/c1-8(9)12-6-4-2-3-5(11-10)7(6)13-8/h2-4,11H,10H2,1H3. The van der Waals surface area contributed by atoms with Gasteiger partial charge in [0.05, 0.1) is 5.69 Å². The lowest BCUT2D eigenvalue weighted by molar-refractivity contribution is -0.173. The van der Waals surface area contributed by atoms with Crippen LogP contribution in [0.15, 0.2) is 18.2 Å². The van der Waals surface area contributed by atoms with Gasteiger partial charge in [0.1, 0.15) is 0 Å². The Morgan fingerprint density at radius 1 is 1.46 bits per heavy atom. The maximum Gasteiger partial charge on any atom is 0.404 e. The molecule has 1 unspecified atom stereocenters. The minimum absolute atomic E-state index is 0.301. The Hall–Kier alpha value is -1.49. The van der Waals surface area contributed by atoms with Gasteiger partial charge in [-0.2, -0.15) is 4.39 Å². The number of para-hydroxylation sites is 1. The number of hydrogen-bond acceptors (Lipinski definition) is 4. The molecule has 0 fully saturated rings. The Kier molecular flexibility index (Phi) is 1.56. The fourth-order valence-electron chi connectivity index (χ4n) is 1.21. The van der Waals surface area contributed by atoms with Crippen molar-refractivity contribution in [3.63, 3.8) is 0 Å². The minimum atomic E-state index is -2.10. The van der Waals surface area contributed by atoms with Crippen LogP contribution in [0.4, 0.5) is 10.1 Å². The number of nitrogen functional groups attached to an aromatic ring is 1. The summed E-state index contributed by atoms with van der Waals surface area (Å²) in [5.74, 6) is 5.85. The Morgan fingerprint density at radius 2 is 2.23 bits per heavy atom. The SMILES string of the molecule is CC1(F)Oc2cccc(NN)c2O1. The summed E-state index contributed by atoms with van der Waals surface area (Å²) in [6.45, 7) is 1.19. The molecule has 13 heavy (non-hydrogen) atoms. The molecule has 4 nitrogen and oxygen atoms in total. The van der Waals surface area contributed by atoms with Crippen LogP contribution in [-0.4, -0.2) is 6.04 Å². The first kappa shape index (κ1) is 8.12. The zero-order valence-corrected chi connectivity index (χ0v) is 7.00. The number of halogens is 1. The zero-order valence-electron chi connectivity index (χ0n) is 7.00. The number of anilines is 1. The summed E-state index contributed by atoms with van der Waals surface area (Å²) < 4.78 is 22.9. The van der Waals surface area contributed by atoms with Gasteiger partial charge in [-0.05, 0) is 12.1 Å². The number of hydrazine groups is 1. The third-order valence-corrected chi connectivity index (χ3v) is 1.71. The van der Waals surface area contributed by atoms with Crippen LogP contribution in [0.25, 0.3) is 0 Å². The molecule has 0 saturated carbocycles. The molecule has 1 aliphatic heterocycles. The molecule has 0 aliphatic carbocycles. The van der Waals surface area contributed by atoms with Crippen molar-refractivity contribution in [1.29, 1.82) is 0 Å². The van der Waals surface area contributed by atoms with Crippen LogP contribution in [0.3, 0.4) is 0 Å². The summed E-state index contributed by atoms with van der Waals surface area (Å²) >= 11 is 0. The fraction of sp³-hybridized carbons (Fsp3) is 0.250. The van der Waals surface area contributed by atoms with E-state index < -0.39 is 6.04 Å². The second-order valence-electron chi connectivity index (χ2n) is 2.82. The average molecular weight is 184 g/mol. The molecule has 1 atom stereocenters. The van der Waals surface area contributed by atoms with Gasteiger partial charge in [0.2, 0.25) is 0 Å². The molecule has 0 bridgehead atoms. The van der Waals surface area contributed by atoms with E-state index in [0.29, 0.717) is 17.2 Å². The topological polar surface area (TPSA) is 56.5 Å². The monoisotopic (exact) mass is 184 g/mol. The van der Waals surface area contributed by atoms with Gasteiger partial charge in [0, 0.05) is 6.92 Å². The summed E-state index contributed by atoms with van der Waals surface area (Å²) in [6, 6.07) is 2.87. The van der Waals surface area contributed by atoms with E-state index in [0.717, 1.165) is 0 Å². The van der Waals surface area contributed by atoms with E-state index in [9.17, 15) is 4.39 Å². The van der Waals surface area contributed by atoms with E-state index >= 15 is 0 Å². The van der Waals surface area contributed by atoms with Gasteiger partial charge in [-0.15, -0.1) is 0 Å². The van der Waals surface area contributed by atoms with Crippen molar-refractivity contribution in [3.8, 4) is 11.5 Å². The molecular formula is C8H9FN2O2. The predicted molar refractivity (Wildman–Crippen MR) is 45.0 cm³/mol. The zero-order chi connectivity index (χ0) is 9.47. The molecule has 0 aromatic heterocycles. The fourth-order valence-corrected chi connectivity index (χ4v) is 1.21. The number of nitrogens with one attached hydrogen (secondary N) is 1. The van der Waals surface area contributed by atoms with Crippen LogP contribution in [0.2, 0.25) is 0 Å². The van der Waals surface area contributed by atoms with Gasteiger partial charge in [-0.3, -0.25) is 5.84 Å². The second-order valence-corrected chi connectivity index (χ2v) is 2.82. The lowest BCUT2D eigenvalue weighted by Crippen LogP contribution is -2.28. The number of fused-ring (bicyclic) bond motifs is 1. The maximum atomic E-state index is 13.2. The van der Waals surface area contributed by atoms with E-state index in [1.165, 1.54) is 6.92 Å². The third kappa shape index (κ3) is 1.27. The van der Waals surface area contributed by atoms with Gasteiger partial charge in [0.15, 0.2) is 11.5 Å². The molecule has 1 aliphatic rings. The highest BCUT2D eigenvalue weighted by atomic mass is 19.2. The van der Waals surface area contributed by atoms with Crippen molar-refractivity contribution in [3.05, 3.63) is 18.2 Å². The summed E-state index contributed by atoms with van der Waals surface area (Å²) in [4.78, 5) is 0. The molecule has 0 saturated heterocycles. The number of ether oxygens (including phenoxy) is 2. The van der Waals surface area contributed by atoms with Gasteiger partial charge >= 0.3 is 6.04 Å². The summed E-state index contributed by atoms with van der Waals surface area (Å²) in [7, 11) is 0. The first-order valence-corrected chi connectivity index (χ1v) is 3.79. The molecule has 70 valence electrons. The van der Waals surface area contributed by atoms with Crippen LogP contribution in [0.1, 0.15) is 6.92 Å². The molecule has 0 radical (unpaired) electrons. The maximum absolute atomic E-state index is 13.2. The summed E-state index contributed by atoms with van der Waals surface area (Å²) in [5, 5.41) is 0. The van der Waals surface area contributed by atoms with Crippen molar-refractivity contribution in [2.45, 2.75) is 13.0 Å². The number of hydrogen-bond donors (Lipinski definition) is 2. The Labute approximate surface area is 74.4 Å². The number of rotatable bonds is 1. The predicted octanol–water partition coefficient (Wildman–Crippen LogP) is 1.39. The number of alkyl halides is 1. The largest absolute Gasteiger partial charge is 0.423 e. The van der Waals surface area contributed by atoms with E-state index in [1.54, 1.807) is 18.2 Å². The van der Waals surface area contributed by atoms with Crippen molar-refractivity contribution >= 4 is 5.69 Å². The average Bonchev–Trinajstić information content (AvgIpc) is 2.37. The van der Waals surface area contributed by atoms with Gasteiger partial charge in [0.25, 0.3) is 0 Å². The van der Waals surface area contributed by atoms with Crippen molar-refractivity contribution in [2.75, 3.05) is 5.43 Å². The molecule has 2 rings (SSSR count). The second kappa shape index (κ2) is 2.50. The lowest BCUT2D eigenvalue weighted by atomic mass is 10.3. The van der Waals surface area contributed by atoms with Gasteiger partial charge < -0.3 is 14.9 Å². The van der Waals surface area contributed by atoms with E-state index in [4.69, 9.17) is 15.3 Å². The summed E-state index contributed by atoms with van der Waals surface area (Å²) in [5.41, 5.74) is 2.89. The van der Waals surface area contributed by atoms with Crippen LogP contribution in [0.5, 0.6) is 11.5 Å². The minimum Gasteiger partial charge on any atom is -0.423 e. The quantitative estimate of drug-likeness (QED) is 0.511. The van der Waals surface area contributed by atoms with Crippen LogP contribution in [-0.2, 0) is 0 Å². The molecule has 0 amide bonds. The lowest BCUT2D eigenvalue weighted by Gasteiger charge is -2.11. The van der Waals surface area contributed by atoms with E-state index in [-0.39, 0.29) is 0 Å². The van der Waals surface area contributed by atoms with Crippen molar-refractivity contribution in [2.24, 2.45) is 5.84 Å². The van der Waals surface area contributed by atoms with Crippen molar-refractivity contribution < 1.29 is 13.9 Å². The van der Waals surface area contributed by atoms with Crippen LogP contribution < -0.4 is 20.7 Å². The highest BCUT2D eigenvalue weighted by Gasteiger charge is 2.38. The Morgan fingerprint density at radius 3 is 2.92 bits per heavy atom. The highest BCUT2D eigenvalue weighted by molar-refractivity contribution is 5.63.